The first-order valence-electron chi connectivity index (χ1n) is 6.64. The maximum Gasteiger partial charge on any atom is 0.261 e. The monoisotopic (exact) mass is 350 g/mol. The molecule has 0 aliphatic rings. The van der Waals surface area contributed by atoms with Crippen LogP contribution in [0.15, 0.2) is 65.6 Å². The molecule has 0 aliphatic carbocycles. The van der Waals surface area contributed by atoms with Crippen LogP contribution in [0.5, 0.6) is 0 Å². The first-order chi connectivity index (χ1) is 10.8. The highest BCUT2D eigenvalue weighted by Gasteiger charge is 2.15. The lowest BCUT2D eigenvalue weighted by Crippen LogP contribution is -2.14. The van der Waals surface area contributed by atoms with E-state index in [0.29, 0.717) is 22.0 Å². The van der Waals surface area contributed by atoms with Crippen molar-refractivity contribution in [1.82, 2.24) is 0 Å². The number of rotatable bonds is 5. The van der Waals surface area contributed by atoms with Gasteiger partial charge in [-0.1, -0.05) is 30.3 Å². The van der Waals surface area contributed by atoms with Gasteiger partial charge in [0, 0.05) is 11.3 Å². The number of sulfonamides is 1. The van der Waals surface area contributed by atoms with E-state index in [2.05, 4.69) is 16.6 Å². The van der Waals surface area contributed by atoms with Gasteiger partial charge in [-0.25, -0.2) is 8.42 Å². The number of para-hydroxylation sites is 1. The van der Waals surface area contributed by atoms with Gasteiger partial charge in [0.15, 0.2) is 0 Å². The van der Waals surface area contributed by atoms with Crippen LogP contribution in [0, 0.1) is 0 Å². The van der Waals surface area contributed by atoms with Crippen LogP contribution in [0.1, 0.15) is 6.92 Å². The number of hydrogen-bond acceptors (Lipinski definition) is 3. The summed E-state index contributed by atoms with van der Waals surface area (Å²) in [5, 5.41) is 2.91. The summed E-state index contributed by atoms with van der Waals surface area (Å²) in [5.74, 6) is -0.324. The fourth-order valence-corrected chi connectivity index (χ4v) is 3.02. The average Bonchev–Trinajstić information content (AvgIpc) is 2.50. The van der Waals surface area contributed by atoms with Crippen molar-refractivity contribution in [2.45, 2.75) is 11.8 Å². The third kappa shape index (κ3) is 4.34. The number of carbonyl (C=O) groups is 1. The van der Waals surface area contributed by atoms with Gasteiger partial charge in [-0.05, 0) is 43.3 Å². The molecular weight excluding hydrogens is 336 g/mol. The Balaban J connectivity index is 2.19. The van der Waals surface area contributed by atoms with E-state index < -0.39 is 10.0 Å². The molecule has 2 rings (SSSR count). The fourth-order valence-electron chi connectivity index (χ4n) is 1.70. The van der Waals surface area contributed by atoms with Gasteiger partial charge in [-0.15, -0.1) is 0 Å². The highest BCUT2D eigenvalue weighted by molar-refractivity contribution is 7.92. The number of anilines is 2. The topological polar surface area (TPSA) is 75.3 Å². The maximum absolute atomic E-state index is 12.3. The van der Waals surface area contributed by atoms with Crippen molar-refractivity contribution in [2.75, 3.05) is 10.0 Å². The Bertz CT molecular complexity index is 846. The molecule has 0 fully saturated rings. The van der Waals surface area contributed by atoms with Crippen molar-refractivity contribution in [2.24, 2.45) is 0 Å². The molecule has 5 nitrogen and oxygen atoms in total. The molecular formula is C16H15ClN2O3S. The van der Waals surface area contributed by atoms with E-state index in [0.717, 1.165) is 0 Å². The second-order valence-electron chi connectivity index (χ2n) is 4.84. The first-order valence-corrected chi connectivity index (χ1v) is 8.50. The standard InChI is InChI=1S/C16H15ClN2O3S/c1-11(2)16(20)18-12-7-9-13(10-8-12)23(21,22)19-15-6-4-3-5-14(15)17/h3-10,19H,1H2,2H3,(H,18,20). The highest BCUT2D eigenvalue weighted by Crippen LogP contribution is 2.24. The molecule has 0 heterocycles. The molecule has 1 amide bonds. The third-order valence-corrected chi connectivity index (χ3v) is 4.64. The second kappa shape index (κ2) is 6.85. The van der Waals surface area contributed by atoms with Gasteiger partial charge >= 0.3 is 0 Å². The molecule has 7 heteroatoms. The van der Waals surface area contributed by atoms with E-state index in [1.807, 2.05) is 0 Å². The Kier molecular flexibility index (Phi) is 5.08. The molecule has 2 N–H and O–H groups in total. The third-order valence-electron chi connectivity index (χ3n) is 2.93. The van der Waals surface area contributed by atoms with E-state index in [9.17, 15) is 13.2 Å². The van der Waals surface area contributed by atoms with Gasteiger partial charge in [0.25, 0.3) is 15.9 Å². The van der Waals surface area contributed by atoms with Crippen LogP contribution >= 0.6 is 11.6 Å². The summed E-state index contributed by atoms with van der Waals surface area (Å²) in [6.07, 6.45) is 0. The second-order valence-corrected chi connectivity index (χ2v) is 6.93. The molecule has 2 aromatic rings. The van der Waals surface area contributed by atoms with E-state index in [-0.39, 0.29) is 10.8 Å². The minimum atomic E-state index is -3.76. The first kappa shape index (κ1) is 17.1. The Morgan fingerprint density at radius 1 is 1.09 bits per heavy atom. The normalized spacial score (nSPS) is 10.9. The lowest BCUT2D eigenvalue weighted by molar-refractivity contribution is -0.112. The number of carbonyl (C=O) groups excluding carboxylic acids is 1. The van der Waals surface area contributed by atoms with E-state index in [4.69, 9.17) is 11.6 Å². The van der Waals surface area contributed by atoms with Crippen LogP contribution in [0.3, 0.4) is 0 Å². The lowest BCUT2D eigenvalue weighted by Gasteiger charge is -2.10. The molecule has 0 atom stereocenters. The highest BCUT2D eigenvalue weighted by atomic mass is 35.5. The number of halogens is 1. The van der Waals surface area contributed by atoms with Gasteiger partial charge < -0.3 is 5.32 Å². The predicted molar refractivity (Wildman–Crippen MR) is 92.1 cm³/mol. The van der Waals surface area contributed by atoms with Crippen LogP contribution in [0.4, 0.5) is 11.4 Å². The molecule has 0 aliphatic heterocycles. The summed E-state index contributed by atoms with van der Waals surface area (Å²) >= 11 is 5.95. The van der Waals surface area contributed by atoms with Crippen molar-refractivity contribution in [3.8, 4) is 0 Å². The quantitative estimate of drug-likeness (QED) is 0.808. The predicted octanol–water partition coefficient (Wildman–Crippen LogP) is 3.66. The minimum Gasteiger partial charge on any atom is -0.322 e. The maximum atomic E-state index is 12.3. The Morgan fingerprint density at radius 2 is 1.70 bits per heavy atom. The van der Waals surface area contributed by atoms with Gasteiger partial charge in [0.1, 0.15) is 0 Å². The summed E-state index contributed by atoms with van der Waals surface area (Å²) in [4.78, 5) is 11.6. The van der Waals surface area contributed by atoms with E-state index in [1.165, 1.54) is 24.3 Å². The molecule has 0 spiro atoms. The molecule has 0 unspecified atom stereocenters. The smallest absolute Gasteiger partial charge is 0.261 e. The largest absolute Gasteiger partial charge is 0.322 e. The van der Waals surface area contributed by atoms with Gasteiger partial charge in [0.05, 0.1) is 15.6 Å². The minimum absolute atomic E-state index is 0.0609. The van der Waals surface area contributed by atoms with Crippen LogP contribution in [-0.4, -0.2) is 14.3 Å². The Hall–Kier alpha value is -2.31. The van der Waals surface area contributed by atoms with Gasteiger partial charge in [0.2, 0.25) is 0 Å². The molecule has 0 radical (unpaired) electrons. The zero-order chi connectivity index (χ0) is 17.0. The molecule has 0 aromatic heterocycles. The summed E-state index contributed by atoms with van der Waals surface area (Å²) < 4.78 is 27.1. The van der Waals surface area contributed by atoms with Crippen LogP contribution < -0.4 is 10.0 Å². The summed E-state index contributed by atoms with van der Waals surface area (Å²) in [6, 6.07) is 12.3. The lowest BCUT2D eigenvalue weighted by atomic mass is 10.3. The molecule has 23 heavy (non-hydrogen) atoms. The molecule has 0 saturated heterocycles. The summed E-state index contributed by atoms with van der Waals surface area (Å²) in [6.45, 7) is 5.12. The van der Waals surface area contributed by atoms with Gasteiger partial charge in [-0.3, -0.25) is 9.52 Å². The van der Waals surface area contributed by atoms with E-state index in [1.54, 1.807) is 31.2 Å². The Labute approximate surface area is 140 Å². The molecule has 120 valence electrons. The van der Waals surface area contributed by atoms with Crippen molar-refractivity contribution in [1.29, 1.82) is 0 Å². The SMILES string of the molecule is C=C(C)C(=O)Nc1ccc(S(=O)(=O)Nc2ccccc2Cl)cc1. The van der Waals surface area contributed by atoms with Crippen molar-refractivity contribution in [3.63, 3.8) is 0 Å². The van der Waals surface area contributed by atoms with Crippen LogP contribution in [0.2, 0.25) is 5.02 Å². The number of amides is 1. The zero-order valence-corrected chi connectivity index (χ0v) is 13.9. The average molecular weight is 351 g/mol. The zero-order valence-electron chi connectivity index (χ0n) is 12.3. The molecule has 2 aromatic carbocycles. The van der Waals surface area contributed by atoms with Crippen molar-refractivity contribution < 1.29 is 13.2 Å². The number of nitrogens with one attached hydrogen (secondary N) is 2. The summed E-state index contributed by atoms with van der Waals surface area (Å²) in [5.41, 5.74) is 1.14. The fraction of sp³-hybridized carbons (Fsp3) is 0.0625. The van der Waals surface area contributed by atoms with Gasteiger partial charge in [-0.2, -0.15) is 0 Å². The molecule has 0 saturated carbocycles. The van der Waals surface area contributed by atoms with Crippen LogP contribution in [0.25, 0.3) is 0 Å². The van der Waals surface area contributed by atoms with Crippen molar-refractivity contribution in [3.05, 3.63) is 65.7 Å². The summed E-state index contributed by atoms with van der Waals surface area (Å²) in [7, 11) is -3.76. The van der Waals surface area contributed by atoms with E-state index >= 15 is 0 Å². The van der Waals surface area contributed by atoms with Crippen LogP contribution in [-0.2, 0) is 14.8 Å². The number of benzene rings is 2. The van der Waals surface area contributed by atoms with Crippen molar-refractivity contribution >= 4 is 38.9 Å². The molecule has 0 bridgehead atoms. The number of hydrogen-bond donors (Lipinski definition) is 2. The Morgan fingerprint density at radius 3 is 2.26 bits per heavy atom.